The minimum Gasteiger partial charge on any atom is -0.0864 e. The van der Waals surface area contributed by atoms with Gasteiger partial charge < -0.3 is 0 Å². The molecule has 1 atom stereocenters. The van der Waals surface area contributed by atoms with E-state index in [1.807, 2.05) is 0 Å². The highest BCUT2D eigenvalue weighted by Crippen LogP contribution is 2.43. The van der Waals surface area contributed by atoms with E-state index < -0.39 is 0 Å². The van der Waals surface area contributed by atoms with E-state index in [1.165, 1.54) is 30.1 Å². The summed E-state index contributed by atoms with van der Waals surface area (Å²) in [4.78, 5) is 0. The van der Waals surface area contributed by atoms with Crippen molar-refractivity contribution >= 4 is 22.6 Å². The number of halogens is 1. The maximum atomic E-state index is 2.48. The molecule has 1 aliphatic rings. The number of alkyl halides is 1. The molecule has 0 heterocycles. The van der Waals surface area contributed by atoms with Crippen LogP contribution in [0.2, 0.25) is 0 Å². The number of rotatable bonds is 3. The Morgan fingerprint density at radius 1 is 1.54 bits per heavy atom. The first-order valence-corrected chi connectivity index (χ1v) is 6.83. The van der Waals surface area contributed by atoms with E-state index >= 15 is 0 Å². The fourth-order valence-corrected chi connectivity index (χ4v) is 2.94. The summed E-state index contributed by atoms with van der Waals surface area (Å²) in [5.74, 6) is 0.844. The molecule has 0 N–H and O–H groups in total. The number of allylic oxidation sites excluding steroid dienone is 2. The van der Waals surface area contributed by atoms with E-state index in [2.05, 4.69) is 49.4 Å². The van der Waals surface area contributed by atoms with Gasteiger partial charge in [0.25, 0.3) is 0 Å². The third-order valence-corrected chi connectivity index (χ3v) is 4.14. The maximum absolute atomic E-state index is 2.48. The molecular weight excluding hydrogens is 271 g/mol. The van der Waals surface area contributed by atoms with Crippen LogP contribution in [-0.2, 0) is 0 Å². The lowest BCUT2D eigenvalue weighted by atomic mass is 9.67. The molecule has 0 amide bonds. The Labute approximate surface area is 96.3 Å². The molecule has 0 bridgehead atoms. The molecule has 1 rings (SSSR count). The summed E-state index contributed by atoms with van der Waals surface area (Å²) < 4.78 is 1.30. The van der Waals surface area contributed by atoms with Crippen molar-refractivity contribution in [2.45, 2.75) is 46.5 Å². The molecule has 0 aliphatic heterocycles. The van der Waals surface area contributed by atoms with E-state index in [1.54, 1.807) is 5.57 Å². The molecule has 0 aromatic rings. The summed E-state index contributed by atoms with van der Waals surface area (Å²) in [5.41, 5.74) is 2.19. The van der Waals surface area contributed by atoms with Crippen molar-refractivity contribution in [3.63, 3.8) is 0 Å². The molecule has 0 aromatic carbocycles. The quantitative estimate of drug-likeness (QED) is 0.405. The van der Waals surface area contributed by atoms with Crippen molar-refractivity contribution in [1.82, 2.24) is 0 Å². The molecule has 13 heavy (non-hydrogen) atoms. The van der Waals surface area contributed by atoms with Crippen molar-refractivity contribution in [3.8, 4) is 0 Å². The van der Waals surface area contributed by atoms with Gasteiger partial charge >= 0.3 is 0 Å². The lowest BCUT2D eigenvalue weighted by Gasteiger charge is -2.38. The van der Waals surface area contributed by atoms with Gasteiger partial charge in [-0.1, -0.05) is 48.1 Å². The predicted octanol–water partition coefficient (Wildman–Crippen LogP) is 4.58. The first-order valence-electron chi connectivity index (χ1n) is 5.30. The molecule has 1 aliphatic carbocycles. The number of hydrogen-bond acceptors (Lipinski definition) is 0. The smallest absolute Gasteiger partial charge is 0.000451 e. The fraction of sp³-hybridized carbons (Fsp3) is 0.833. The van der Waals surface area contributed by atoms with Crippen LogP contribution in [0.3, 0.4) is 0 Å². The average Bonchev–Trinajstić information content (AvgIpc) is 2.02. The van der Waals surface area contributed by atoms with Gasteiger partial charge in [-0.3, -0.25) is 0 Å². The van der Waals surface area contributed by atoms with Gasteiger partial charge in [0, 0.05) is 0 Å². The van der Waals surface area contributed by atoms with Crippen LogP contribution in [0.15, 0.2) is 11.6 Å². The van der Waals surface area contributed by atoms with E-state index in [4.69, 9.17) is 0 Å². The summed E-state index contributed by atoms with van der Waals surface area (Å²) in [5, 5.41) is 0. The molecule has 0 aromatic heterocycles. The average molecular weight is 292 g/mol. The van der Waals surface area contributed by atoms with E-state index in [9.17, 15) is 0 Å². The molecular formula is C12H21I. The molecule has 1 heteroatoms. The summed E-state index contributed by atoms with van der Waals surface area (Å²) in [6.45, 7) is 7.18. The van der Waals surface area contributed by atoms with Gasteiger partial charge in [0.15, 0.2) is 0 Å². The first-order chi connectivity index (χ1) is 6.08. The lowest BCUT2D eigenvalue weighted by Crippen LogP contribution is -2.27. The normalized spacial score (nSPS) is 27.1. The van der Waals surface area contributed by atoms with Crippen LogP contribution < -0.4 is 0 Å². The van der Waals surface area contributed by atoms with Gasteiger partial charge in [-0.05, 0) is 48.4 Å². The summed E-state index contributed by atoms with van der Waals surface area (Å²) in [6, 6.07) is 0. The largest absolute Gasteiger partial charge is 0.0864 e. The lowest BCUT2D eigenvalue weighted by molar-refractivity contribution is 0.203. The van der Waals surface area contributed by atoms with Gasteiger partial charge in [-0.2, -0.15) is 0 Å². The summed E-state index contributed by atoms with van der Waals surface area (Å²) in [6.07, 6.45) is 7.87. The third kappa shape index (κ3) is 2.97. The Balaban J connectivity index is 2.64. The minimum atomic E-state index is 0.546. The highest BCUT2D eigenvalue weighted by Gasteiger charge is 2.31. The molecule has 1 unspecified atom stereocenters. The Kier molecular flexibility index (Phi) is 4.27. The topological polar surface area (TPSA) is 0 Å². The van der Waals surface area contributed by atoms with Crippen LogP contribution in [0.1, 0.15) is 46.5 Å². The van der Waals surface area contributed by atoms with Gasteiger partial charge in [0.05, 0.1) is 0 Å². The molecule has 76 valence electrons. The second kappa shape index (κ2) is 4.81. The van der Waals surface area contributed by atoms with Crippen LogP contribution in [0.4, 0.5) is 0 Å². The van der Waals surface area contributed by atoms with Gasteiger partial charge in [0.2, 0.25) is 0 Å². The fourth-order valence-electron chi connectivity index (χ4n) is 2.50. The Morgan fingerprint density at radius 3 is 2.77 bits per heavy atom. The van der Waals surface area contributed by atoms with Gasteiger partial charge in [-0.25, -0.2) is 0 Å². The van der Waals surface area contributed by atoms with Crippen molar-refractivity contribution in [3.05, 3.63) is 11.6 Å². The van der Waals surface area contributed by atoms with Crippen molar-refractivity contribution < 1.29 is 0 Å². The van der Waals surface area contributed by atoms with E-state index in [0.29, 0.717) is 5.41 Å². The van der Waals surface area contributed by atoms with Crippen LogP contribution in [0, 0.1) is 11.3 Å². The molecule has 0 saturated heterocycles. The monoisotopic (exact) mass is 292 g/mol. The second-order valence-corrected chi connectivity index (χ2v) is 5.94. The van der Waals surface area contributed by atoms with Crippen LogP contribution in [0.25, 0.3) is 0 Å². The highest BCUT2D eigenvalue weighted by molar-refractivity contribution is 14.1. The summed E-state index contributed by atoms with van der Waals surface area (Å²) in [7, 11) is 0. The Bertz CT molecular complexity index is 191. The maximum Gasteiger partial charge on any atom is -0.000451 e. The third-order valence-electron chi connectivity index (χ3n) is 3.37. The van der Waals surface area contributed by atoms with Crippen molar-refractivity contribution in [2.24, 2.45) is 11.3 Å². The molecule has 0 radical (unpaired) electrons. The minimum absolute atomic E-state index is 0.546. The van der Waals surface area contributed by atoms with Crippen LogP contribution >= 0.6 is 22.6 Å². The Morgan fingerprint density at radius 2 is 2.23 bits per heavy atom. The highest BCUT2D eigenvalue weighted by atomic mass is 127. The van der Waals surface area contributed by atoms with Gasteiger partial charge in [0.1, 0.15) is 0 Å². The zero-order valence-electron chi connectivity index (χ0n) is 9.07. The van der Waals surface area contributed by atoms with E-state index in [0.717, 1.165) is 5.92 Å². The standard InChI is InChI=1S/C12H21I/c1-10-6-4-8-12(2,3)11(10)7-5-9-13/h6,11H,4-5,7-9H2,1-3H3. The second-order valence-electron chi connectivity index (χ2n) is 4.86. The first kappa shape index (κ1) is 11.5. The van der Waals surface area contributed by atoms with Crippen molar-refractivity contribution in [2.75, 3.05) is 4.43 Å². The molecule has 0 fully saturated rings. The Hall–Kier alpha value is 0.470. The summed E-state index contributed by atoms with van der Waals surface area (Å²) >= 11 is 2.48. The van der Waals surface area contributed by atoms with Crippen LogP contribution in [0.5, 0.6) is 0 Å². The zero-order valence-corrected chi connectivity index (χ0v) is 11.2. The molecule has 0 saturated carbocycles. The zero-order chi connectivity index (χ0) is 9.90. The number of hydrogen-bond donors (Lipinski definition) is 0. The molecule has 0 spiro atoms. The van der Waals surface area contributed by atoms with E-state index in [-0.39, 0.29) is 0 Å². The predicted molar refractivity (Wildman–Crippen MR) is 68.4 cm³/mol. The van der Waals surface area contributed by atoms with Crippen molar-refractivity contribution in [1.29, 1.82) is 0 Å². The SMILES string of the molecule is CC1=CCCC(C)(C)C1CCCI. The van der Waals surface area contributed by atoms with Gasteiger partial charge in [-0.15, -0.1) is 0 Å². The molecule has 0 nitrogen and oxygen atoms in total. The van der Waals surface area contributed by atoms with Crippen LogP contribution in [-0.4, -0.2) is 4.43 Å².